The third kappa shape index (κ3) is 10.3. The summed E-state index contributed by atoms with van der Waals surface area (Å²) in [5.41, 5.74) is 12.8. The van der Waals surface area contributed by atoms with Gasteiger partial charge < -0.3 is 21.9 Å². The highest BCUT2D eigenvalue weighted by Gasteiger charge is 2.01. The van der Waals surface area contributed by atoms with Gasteiger partial charge in [-0.3, -0.25) is 0 Å². The molecule has 0 aromatic heterocycles. The van der Waals surface area contributed by atoms with Crippen molar-refractivity contribution in [1.82, 2.24) is 5.32 Å². The molecule has 0 saturated heterocycles. The van der Waals surface area contributed by atoms with E-state index in [0.29, 0.717) is 11.7 Å². The van der Waals surface area contributed by atoms with E-state index < -0.39 is 0 Å². The Morgan fingerprint density at radius 3 is 2.19 bits per heavy atom. The molecule has 6 N–H and O–H groups in total. The summed E-state index contributed by atoms with van der Waals surface area (Å²) in [4.78, 5) is 0. The lowest BCUT2D eigenvalue weighted by Gasteiger charge is -2.06. The first-order valence-corrected chi connectivity index (χ1v) is 7.93. The van der Waals surface area contributed by atoms with Crippen LogP contribution in [0.15, 0.2) is 18.2 Å². The van der Waals surface area contributed by atoms with Crippen molar-refractivity contribution < 1.29 is 5.11 Å². The number of nitrogens with one attached hydrogen (secondary N) is 1. The molecule has 0 heterocycles. The van der Waals surface area contributed by atoms with E-state index in [1.54, 1.807) is 0 Å². The highest BCUT2D eigenvalue weighted by atomic mass is 16.3. The Morgan fingerprint density at radius 1 is 1.05 bits per heavy atom. The Balaban J connectivity index is 0.000000384. The molecule has 0 amide bonds. The molecule has 1 aromatic rings. The standard InChI is InChI=1S/C10H14O.C7H19N3/c1-7(2)9-5-4-8(3)10(11)6-9;8-4-1-2-6-10-7-3-5-9/h4-7,11H,1-3H3;10H,1-9H2. The number of hydrogen-bond acceptors (Lipinski definition) is 4. The number of aromatic hydroxyl groups is 1. The highest BCUT2D eigenvalue weighted by molar-refractivity contribution is 5.36. The van der Waals surface area contributed by atoms with Gasteiger partial charge in [-0.15, -0.1) is 0 Å². The smallest absolute Gasteiger partial charge is 0.118 e. The lowest BCUT2D eigenvalue weighted by atomic mass is 10.0. The third-order valence-electron chi connectivity index (χ3n) is 3.27. The largest absolute Gasteiger partial charge is 0.508 e. The minimum atomic E-state index is 0.399. The molecule has 0 saturated carbocycles. The quantitative estimate of drug-likeness (QED) is 0.555. The van der Waals surface area contributed by atoms with Crippen molar-refractivity contribution >= 4 is 0 Å². The van der Waals surface area contributed by atoms with Crippen molar-refractivity contribution in [3.05, 3.63) is 29.3 Å². The van der Waals surface area contributed by atoms with Crippen LogP contribution in [0.3, 0.4) is 0 Å². The highest BCUT2D eigenvalue weighted by Crippen LogP contribution is 2.22. The van der Waals surface area contributed by atoms with Crippen LogP contribution in [-0.4, -0.2) is 31.3 Å². The molecule has 0 bridgehead atoms. The van der Waals surface area contributed by atoms with Gasteiger partial charge in [-0.25, -0.2) is 0 Å². The summed E-state index contributed by atoms with van der Waals surface area (Å²) >= 11 is 0. The summed E-state index contributed by atoms with van der Waals surface area (Å²) in [6, 6.07) is 5.84. The molecule has 21 heavy (non-hydrogen) atoms. The normalized spacial score (nSPS) is 10.4. The van der Waals surface area contributed by atoms with Crippen molar-refractivity contribution in [3.8, 4) is 5.75 Å². The lowest BCUT2D eigenvalue weighted by Crippen LogP contribution is -2.19. The number of nitrogens with two attached hydrogens (primary N) is 2. The molecule has 0 aliphatic rings. The summed E-state index contributed by atoms with van der Waals surface area (Å²) in [7, 11) is 0. The Hall–Kier alpha value is -1.10. The van der Waals surface area contributed by atoms with E-state index in [-0.39, 0.29) is 0 Å². The predicted octanol–water partition coefficient (Wildman–Crippen LogP) is 2.49. The average molecular weight is 295 g/mol. The first-order chi connectivity index (χ1) is 10.0. The second-order valence-corrected chi connectivity index (χ2v) is 5.59. The van der Waals surface area contributed by atoms with Crippen LogP contribution in [0.4, 0.5) is 0 Å². The molecule has 122 valence electrons. The zero-order chi connectivity index (χ0) is 16.1. The zero-order valence-corrected chi connectivity index (χ0v) is 13.9. The first-order valence-electron chi connectivity index (χ1n) is 7.93. The number of benzene rings is 1. The molecule has 0 spiro atoms. The predicted molar refractivity (Wildman–Crippen MR) is 91.8 cm³/mol. The van der Waals surface area contributed by atoms with Crippen LogP contribution in [0.1, 0.15) is 50.2 Å². The average Bonchev–Trinajstić information content (AvgIpc) is 2.46. The van der Waals surface area contributed by atoms with Crippen LogP contribution in [0.5, 0.6) is 5.75 Å². The number of unbranched alkanes of at least 4 members (excludes halogenated alkanes) is 1. The molecule has 4 nitrogen and oxygen atoms in total. The number of aryl methyl sites for hydroxylation is 1. The molecule has 4 heteroatoms. The molecular formula is C17H33N3O. The fourth-order valence-electron chi connectivity index (χ4n) is 1.73. The van der Waals surface area contributed by atoms with E-state index in [4.69, 9.17) is 11.5 Å². The maximum Gasteiger partial charge on any atom is 0.118 e. The summed E-state index contributed by atoms with van der Waals surface area (Å²) in [5.74, 6) is 0.887. The van der Waals surface area contributed by atoms with Crippen molar-refractivity contribution in [2.24, 2.45) is 11.5 Å². The van der Waals surface area contributed by atoms with E-state index in [1.807, 2.05) is 19.1 Å². The topological polar surface area (TPSA) is 84.3 Å². The van der Waals surface area contributed by atoms with Gasteiger partial charge in [-0.2, -0.15) is 0 Å². The van der Waals surface area contributed by atoms with Gasteiger partial charge in [0.25, 0.3) is 0 Å². The monoisotopic (exact) mass is 295 g/mol. The minimum Gasteiger partial charge on any atom is -0.508 e. The van der Waals surface area contributed by atoms with E-state index in [9.17, 15) is 5.11 Å². The van der Waals surface area contributed by atoms with Crippen molar-refractivity contribution in [2.75, 3.05) is 26.2 Å². The van der Waals surface area contributed by atoms with E-state index in [0.717, 1.165) is 44.6 Å². The van der Waals surface area contributed by atoms with Crippen LogP contribution in [0.2, 0.25) is 0 Å². The van der Waals surface area contributed by atoms with Gasteiger partial charge in [0.1, 0.15) is 5.75 Å². The minimum absolute atomic E-state index is 0.399. The van der Waals surface area contributed by atoms with Gasteiger partial charge in [-0.1, -0.05) is 26.0 Å². The number of phenols is 1. The van der Waals surface area contributed by atoms with Crippen molar-refractivity contribution in [3.63, 3.8) is 0 Å². The molecule has 0 radical (unpaired) electrons. The molecule has 0 aliphatic heterocycles. The Kier molecular flexibility index (Phi) is 12.0. The molecule has 0 unspecified atom stereocenters. The Bertz CT molecular complexity index is 359. The molecule has 0 atom stereocenters. The Morgan fingerprint density at radius 2 is 1.67 bits per heavy atom. The van der Waals surface area contributed by atoms with E-state index >= 15 is 0 Å². The fourth-order valence-corrected chi connectivity index (χ4v) is 1.73. The van der Waals surface area contributed by atoms with Crippen LogP contribution in [0.25, 0.3) is 0 Å². The number of phenolic OH excluding ortho intramolecular Hbond substituents is 1. The second-order valence-electron chi connectivity index (χ2n) is 5.59. The zero-order valence-electron chi connectivity index (χ0n) is 13.9. The van der Waals surface area contributed by atoms with Gasteiger partial charge in [0.15, 0.2) is 0 Å². The van der Waals surface area contributed by atoms with Gasteiger partial charge in [-0.05, 0) is 75.5 Å². The number of rotatable bonds is 8. The molecule has 0 aliphatic carbocycles. The van der Waals surface area contributed by atoms with Crippen LogP contribution >= 0.6 is 0 Å². The maximum absolute atomic E-state index is 9.35. The van der Waals surface area contributed by atoms with E-state index in [2.05, 4.69) is 25.2 Å². The SMILES string of the molecule is Cc1ccc(C(C)C)cc1O.NCCCCNCCCN. The Labute approximate surface area is 129 Å². The maximum atomic E-state index is 9.35. The lowest BCUT2D eigenvalue weighted by molar-refractivity contribution is 0.470. The summed E-state index contributed by atoms with van der Waals surface area (Å²) < 4.78 is 0. The second kappa shape index (κ2) is 12.6. The van der Waals surface area contributed by atoms with Gasteiger partial charge in [0, 0.05) is 0 Å². The molecule has 0 fully saturated rings. The van der Waals surface area contributed by atoms with Gasteiger partial charge in [0.05, 0.1) is 0 Å². The van der Waals surface area contributed by atoms with Crippen LogP contribution in [0, 0.1) is 6.92 Å². The summed E-state index contributed by atoms with van der Waals surface area (Å²) in [6.07, 6.45) is 3.37. The van der Waals surface area contributed by atoms with Gasteiger partial charge in [0.2, 0.25) is 0 Å². The number of hydrogen-bond donors (Lipinski definition) is 4. The molecular weight excluding hydrogens is 262 g/mol. The van der Waals surface area contributed by atoms with Crippen LogP contribution < -0.4 is 16.8 Å². The molecule has 1 rings (SSSR count). The van der Waals surface area contributed by atoms with E-state index in [1.165, 1.54) is 12.0 Å². The summed E-state index contributed by atoms with van der Waals surface area (Å²) in [6.45, 7) is 9.84. The van der Waals surface area contributed by atoms with Crippen molar-refractivity contribution in [2.45, 2.75) is 46.0 Å². The van der Waals surface area contributed by atoms with Crippen molar-refractivity contribution in [1.29, 1.82) is 0 Å². The third-order valence-corrected chi connectivity index (χ3v) is 3.27. The molecule has 1 aromatic carbocycles. The first kappa shape index (κ1) is 19.9. The van der Waals surface area contributed by atoms with Crippen LogP contribution in [-0.2, 0) is 0 Å². The fraction of sp³-hybridized carbons (Fsp3) is 0.647. The van der Waals surface area contributed by atoms with Gasteiger partial charge >= 0.3 is 0 Å². The summed E-state index contributed by atoms with van der Waals surface area (Å²) in [5, 5.41) is 12.6.